The van der Waals surface area contributed by atoms with Gasteiger partial charge in [-0.3, -0.25) is 14.4 Å². The summed E-state index contributed by atoms with van der Waals surface area (Å²) >= 11 is 0. The molecule has 0 aliphatic rings. The highest BCUT2D eigenvalue weighted by atomic mass is 16.6. The van der Waals surface area contributed by atoms with Crippen molar-refractivity contribution in [3.8, 4) is 0 Å². The molecule has 0 spiro atoms. The van der Waals surface area contributed by atoms with Crippen molar-refractivity contribution in [2.75, 3.05) is 13.2 Å². The second-order valence-electron chi connectivity index (χ2n) is 14.6. The Morgan fingerprint density at radius 1 is 0.373 bits per heavy atom. The first kappa shape index (κ1) is 48.9. The van der Waals surface area contributed by atoms with Gasteiger partial charge in [-0.1, -0.05) is 161 Å². The van der Waals surface area contributed by atoms with Crippen molar-refractivity contribution in [1.82, 2.24) is 0 Å². The largest absolute Gasteiger partial charge is 0.462 e. The van der Waals surface area contributed by atoms with Gasteiger partial charge in [-0.05, 0) is 70.6 Å². The van der Waals surface area contributed by atoms with Crippen LogP contribution in [0.3, 0.4) is 0 Å². The third kappa shape index (κ3) is 38.9. The molecule has 0 saturated carbocycles. The van der Waals surface area contributed by atoms with Gasteiger partial charge < -0.3 is 14.2 Å². The van der Waals surface area contributed by atoms with E-state index in [1.807, 2.05) is 0 Å². The Hall–Kier alpha value is -2.11. The van der Waals surface area contributed by atoms with E-state index < -0.39 is 6.10 Å². The lowest BCUT2D eigenvalue weighted by atomic mass is 10.1. The molecule has 0 aromatic carbocycles. The van der Waals surface area contributed by atoms with Crippen LogP contribution < -0.4 is 0 Å². The number of rotatable bonds is 39. The molecule has 0 heterocycles. The van der Waals surface area contributed by atoms with E-state index >= 15 is 0 Å². The topological polar surface area (TPSA) is 78.9 Å². The van der Waals surface area contributed by atoms with E-state index in [9.17, 15) is 14.4 Å². The van der Waals surface area contributed by atoms with Gasteiger partial charge in [0.15, 0.2) is 6.10 Å². The number of carbonyl (C=O) groups is 3. The van der Waals surface area contributed by atoms with Gasteiger partial charge in [-0.25, -0.2) is 0 Å². The first-order valence-corrected chi connectivity index (χ1v) is 21.8. The number of ether oxygens (including phenoxy) is 3. The third-order valence-corrected chi connectivity index (χ3v) is 9.43. The van der Waals surface area contributed by atoms with Gasteiger partial charge in [-0.15, -0.1) is 0 Å². The van der Waals surface area contributed by atoms with Crippen molar-refractivity contribution in [2.24, 2.45) is 0 Å². The molecule has 1 atom stereocenters. The quantitative estimate of drug-likeness (QED) is 0.0272. The first-order chi connectivity index (χ1) is 25.0. The van der Waals surface area contributed by atoms with E-state index in [0.29, 0.717) is 19.3 Å². The Morgan fingerprint density at radius 2 is 0.647 bits per heavy atom. The summed E-state index contributed by atoms with van der Waals surface area (Å²) in [5.41, 5.74) is 0. The van der Waals surface area contributed by atoms with Gasteiger partial charge in [0.05, 0.1) is 0 Å². The lowest BCUT2D eigenvalue weighted by molar-refractivity contribution is -0.167. The van der Waals surface area contributed by atoms with Crippen LogP contribution in [0, 0.1) is 0 Å². The maximum absolute atomic E-state index is 12.7. The fourth-order valence-electron chi connectivity index (χ4n) is 6.08. The summed E-state index contributed by atoms with van der Waals surface area (Å²) in [6.07, 6.45) is 43.1. The van der Waals surface area contributed by atoms with Gasteiger partial charge in [0.25, 0.3) is 0 Å². The molecule has 51 heavy (non-hydrogen) atoms. The Balaban J connectivity index is 4.34. The van der Waals surface area contributed by atoms with E-state index in [4.69, 9.17) is 14.2 Å². The average Bonchev–Trinajstić information content (AvgIpc) is 3.12. The van der Waals surface area contributed by atoms with E-state index in [1.54, 1.807) is 0 Å². The molecular formula is C45H82O6. The molecule has 0 N–H and O–H groups in total. The Bertz CT molecular complexity index is 835. The van der Waals surface area contributed by atoms with E-state index in [0.717, 1.165) is 70.6 Å². The number of carbonyl (C=O) groups excluding carboxylic acids is 3. The van der Waals surface area contributed by atoms with Gasteiger partial charge in [0.1, 0.15) is 13.2 Å². The summed E-state index contributed by atoms with van der Waals surface area (Å²) < 4.78 is 16.6. The van der Waals surface area contributed by atoms with E-state index in [1.165, 1.54) is 116 Å². The van der Waals surface area contributed by atoms with Crippen molar-refractivity contribution in [3.05, 3.63) is 24.3 Å². The molecule has 1 unspecified atom stereocenters. The zero-order valence-electron chi connectivity index (χ0n) is 33.9. The Labute approximate surface area is 315 Å². The summed E-state index contributed by atoms with van der Waals surface area (Å²) in [7, 11) is 0. The van der Waals surface area contributed by atoms with Crippen LogP contribution in [0.4, 0.5) is 0 Å². The molecule has 6 nitrogen and oxygen atoms in total. The monoisotopic (exact) mass is 719 g/mol. The first-order valence-electron chi connectivity index (χ1n) is 21.8. The maximum Gasteiger partial charge on any atom is 0.306 e. The zero-order chi connectivity index (χ0) is 37.3. The van der Waals surface area contributed by atoms with Crippen molar-refractivity contribution in [2.45, 2.75) is 232 Å². The number of unbranched alkanes of at least 4 members (excludes halogenated alkanes) is 24. The normalized spacial score (nSPS) is 12.1. The summed E-state index contributed by atoms with van der Waals surface area (Å²) in [5, 5.41) is 0. The van der Waals surface area contributed by atoms with Crippen LogP contribution >= 0.6 is 0 Å². The molecule has 298 valence electrons. The van der Waals surface area contributed by atoms with Crippen LogP contribution in [0.5, 0.6) is 0 Å². The Morgan fingerprint density at radius 3 is 1.00 bits per heavy atom. The molecule has 0 aromatic rings. The van der Waals surface area contributed by atoms with Crippen LogP contribution in [-0.4, -0.2) is 37.2 Å². The summed E-state index contributed by atoms with van der Waals surface area (Å²) in [4.78, 5) is 37.5. The lowest BCUT2D eigenvalue weighted by Gasteiger charge is -2.18. The van der Waals surface area contributed by atoms with Crippen molar-refractivity contribution < 1.29 is 28.6 Å². The maximum atomic E-state index is 12.7. The molecule has 0 bridgehead atoms. The van der Waals surface area contributed by atoms with Crippen LogP contribution in [0.1, 0.15) is 226 Å². The number of hydrogen-bond donors (Lipinski definition) is 0. The average molecular weight is 719 g/mol. The van der Waals surface area contributed by atoms with E-state index in [-0.39, 0.29) is 31.1 Å². The predicted octanol–water partition coefficient (Wildman–Crippen LogP) is 13.6. The number of esters is 3. The molecule has 0 radical (unpaired) electrons. The molecule has 0 saturated heterocycles. The molecule has 0 amide bonds. The summed E-state index contributed by atoms with van der Waals surface area (Å²) in [5.74, 6) is -0.899. The molecule has 0 aromatic heterocycles. The van der Waals surface area contributed by atoms with Crippen LogP contribution in [-0.2, 0) is 28.6 Å². The van der Waals surface area contributed by atoms with Gasteiger partial charge >= 0.3 is 17.9 Å². The fraction of sp³-hybridized carbons (Fsp3) is 0.844. The smallest absolute Gasteiger partial charge is 0.306 e. The minimum Gasteiger partial charge on any atom is -0.462 e. The highest BCUT2D eigenvalue weighted by Gasteiger charge is 2.19. The van der Waals surface area contributed by atoms with Crippen LogP contribution in [0.2, 0.25) is 0 Å². The van der Waals surface area contributed by atoms with E-state index in [2.05, 4.69) is 45.1 Å². The molecule has 0 aliphatic carbocycles. The number of allylic oxidation sites excluding steroid dienone is 4. The second-order valence-corrected chi connectivity index (χ2v) is 14.6. The highest BCUT2D eigenvalue weighted by Crippen LogP contribution is 2.13. The second kappa shape index (κ2) is 40.7. The molecule has 6 heteroatoms. The predicted molar refractivity (Wildman–Crippen MR) is 215 cm³/mol. The van der Waals surface area contributed by atoms with Crippen molar-refractivity contribution in [3.63, 3.8) is 0 Å². The van der Waals surface area contributed by atoms with Gasteiger partial charge in [0, 0.05) is 19.3 Å². The molecule has 0 rings (SSSR count). The summed E-state index contributed by atoms with van der Waals surface area (Å²) in [6.45, 7) is 6.54. The molecular weight excluding hydrogens is 636 g/mol. The Kier molecular flexibility index (Phi) is 39.0. The number of hydrogen-bond acceptors (Lipinski definition) is 6. The van der Waals surface area contributed by atoms with Crippen LogP contribution in [0.25, 0.3) is 0 Å². The third-order valence-electron chi connectivity index (χ3n) is 9.43. The lowest BCUT2D eigenvalue weighted by Crippen LogP contribution is -2.30. The summed E-state index contributed by atoms with van der Waals surface area (Å²) in [6, 6.07) is 0. The fourth-order valence-corrected chi connectivity index (χ4v) is 6.08. The molecule has 0 aliphatic heterocycles. The molecule has 0 fully saturated rings. The standard InChI is InChI=1S/C45H82O6/c1-4-7-10-13-16-18-20-22-24-26-29-32-35-38-44(47)50-41-42(40-49-43(46)37-34-31-28-15-12-9-6-3)51-45(48)39-36-33-30-27-25-23-21-19-17-14-11-8-5-2/h18-21,42H,4-17,22-41H2,1-3H3/b20-18-,21-19-. The highest BCUT2D eigenvalue weighted by molar-refractivity contribution is 5.71. The minimum atomic E-state index is -0.770. The van der Waals surface area contributed by atoms with Gasteiger partial charge in [-0.2, -0.15) is 0 Å². The van der Waals surface area contributed by atoms with Crippen LogP contribution in [0.15, 0.2) is 24.3 Å². The minimum absolute atomic E-state index is 0.0757. The zero-order valence-corrected chi connectivity index (χ0v) is 33.9. The SMILES string of the molecule is CCCCCC/C=C\CCCCCCCC(=O)OCC(COC(=O)CCCCCCCCC)OC(=O)CCCCCCC/C=C\CCCCCC. The van der Waals surface area contributed by atoms with Gasteiger partial charge in [0.2, 0.25) is 0 Å². The van der Waals surface area contributed by atoms with Crippen molar-refractivity contribution >= 4 is 17.9 Å². The van der Waals surface area contributed by atoms with Crippen molar-refractivity contribution in [1.29, 1.82) is 0 Å².